The molecule has 30 heavy (non-hydrogen) atoms. The molecule has 0 bridgehead atoms. The number of rotatable bonds is 5. The van der Waals surface area contributed by atoms with Crippen molar-refractivity contribution in [3.8, 4) is 17.6 Å². The van der Waals surface area contributed by atoms with Gasteiger partial charge in [0.1, 0.15) is 24.2 Å². The molecule has 8 nitrogen and oxygen atoms in total. The minimum atomic E-state index is 0.139. The Morgan fingerprint density at radius 3 is 3.10 bits per heavy atom. The molecule has 1 aromatic carbocycles. The van der Waals surface area contributed by atoms with Crippen LogP contribution in [0.4, 0.5) is 5.82 Å². The molecule has 0 aliphatic carbocycles. The number of carbonyl (C=O) groups excluding carboxylic acids is 1. The largest absolute Gasteiger partial charge is 0.479 e. The molecule has 2 aromatic heterocycles. The van der Waals surface area contributed by atoms with Crippen LogP contribution < -0.4 is 10.1 Å². The third-order valence-corrected chi connectivity index (χ3v) is 5.13. The molecule has 1 aliphatic heterocycles. The van der Waals surface area contributed by atoms with E-state index < -0.39 is 0 Å². The lowest BCUT2D eigenvalue weighted by molar-refractivity contribution is -0.129. The van der Waals surface area contributed by atoms with E-state index in [0.29, 0.717) is 46.5 Å². The number of para-hydroxylation sites is 1. The average molecular weight is 425 g/mol. The summed E-state index contributed by atoms with van der Waals surface area (Å²) in [5.41, 5.74) is 1.22. The summed E-state index contributed by atoms with van der Waals surface area (Å²) in [6, 6.07) is 7.38. The van der Waals surface area contributed by atoms with Crippen LogP contribution in [0.2, 0.25) is 5.02 Å². The summed E-state index contributed by atoms with van der Waals surface area (Å²) in [4.78, 5) is 29.9. The fourth-order valence-corrected chi connectivity index (χ4v) is 3.50. The highest BCUT2D eigenvalue weighted by atomic mass is 35.5. The minimum Gasteiger partial charge on any atom is -0.479 e. The lowest BCUT2D eigenvalue weighted by Gasteiger charge is -2.16. The zero-order valence-corrected chi connectivity index (χ0v) is 17.2. The maximum atomic E-state index is 11.9. The number of fused-ring (bicyclic) bond motifs is 1. The maximum Gasteiger partial charge on any atom is 0.222 e. The van der Waals surface area contributed by atoms with Gasteiger partial charge in [0.05, 0.1) is 5.02 Å². The highest BCUT2D eigenvalue weighted by Crippen LogP contribution is 2.23. The quantitative estimate of drug-likeness (QED) is 0.611. The van der Waals surface area contributed by atoms with E-state index >= 15 is 0 Å². The first-order chi connectivity index (χ1) is 14.6. The average Bonchev–Trinajstić information content (AvgIpc) is 3.39. The normalized spacial score (nSPS) is 15.7. The summed E-state index contributed by atoms with van der Waals surface area (Å²) in [5.74, 6) is 7.75. The molecule has 9 heteroatoms. The number of hydrogen-bond acceptors (Lipinski definition) is 6. The van der Waals surface area contributed by atoms with Gasteiger partial charge in [0.2, 0.25) is 5.91 Å². The van der Waals surface area contributed by atoms with Crippen molar-refractivity contribution < 1.29 is 9.53 Å². The Balaban J connectivity index is 1.43. The van der Waals surface area contributed by atoms with Crippen molar-refractivity contribution in [3.63, 3.8) is 0 Å². The third-order valence-electron chi connectivity index (χ3n) is 4.82. The second-order valence-corrected chi connectivity index (χ2v) is 7.26. The Hall–Kier alpha value is -3.31. The van der Waals surface area contributed by atoms with Gasteiger partial charge < -0.3 is 19.9 Å². The fourth-order valence-electron chi connectivity index (χ4n) is 3.31. The highest BCUT2D eigenvalue weighted by molar-refractivity contribution is 6.32. The van der Waals surface area contributed by atoms with E-state index in [4.69, 9.17) is 16.3 Å². The number of imidazole rings is 1. The molecule has 1 saturated heterocycles. The summed E-state index contributed by atoms with van der Waals surface area (Å²) in [6.07, 6.45) is 2.86. The standard InChI is InChI=1S/C21H21ClN6O2/c1-2-18(29)28-10-9-14(12-28)25-20-19-21(24-13-23-20)27-17(26-19)8-5-11-30-16-7-4-3-6-15(16)22/h3-4,6-7,13-14H,2,9-12H2,1H3,(H2,23,24,25,26,27). The van der Waals surface area contributed by atoms with Crippen molar-refractivity contribution in [2.45, 2.75) is 25.8 Å². The SMILES string of the molecule is CCC(=O)N1CCC(Nc2ncnc3nc(C#CCOc4ccccc4Cl)[nH]c23)C1. The predicted octanol–water partition coefficient (Wildman–Crippen LogP) is 2.86. The Labute approximate surface area is 179 Å². The molecular weight excluding hydrogens is 404 g/mol. The lowest BCUT2D eigenvalue weighted by atomic mass is 10.2. The Kier molecular flexibility index (Phi) is 6.00. The fraction of sp³-hybridized carbons (Fsp3) is 0.333. The molecule has 0 saturated carbocycles. The van der Waals surface area contributed by atoms with Gasteiger partial charge in [0.15, 0.2) is 17.3 Å². The molecule has 154 valence electrons. The van der Waals surface area contributed by atoms with Crippen molar-refractivity contribution in [2.24, 2.45) is 0 Å². The summed E-state index contributed by atoms with van der Waals surface area (Å²) in [6.45, 7) is 3.48. The highest BCUT2D eigenvalue weighted by Gasteiger charge is 2.26. The summed E-state index contributed by atoms with van der Waals surface area (Å²) >= 11 is 6.06. The van der Waals surface area contributed by atoms with Gasteiger partial charge in [0.25, 0.3) is 0 Å². The van der Waals surface area contributed by atoms with Crippen LogP contribution >= 0.6 is 11.6 Å². The van der Waals surface area contributed by atoms with Crippen molar-refractivity contribution in [1.82, 2.24) is 24.8 Å². The second-order valence-electron chi connectivity index (χ2n) is 6.85. The number of ether oxygens (including phenoxy) is 1. The number of anilines is 1. The number of amides is 1. The van der Waals surface area contributed by atoms with Crippen LogP contribution in [-0.4, -0.2) is 56.5 Å². The summed E-state index contributed by atoms with van der Waals surface area (Å²) in [7, 11) is 0. The van der Waals surface area contributed by atoms with Gasteiger partial charge in [-0.15, -0.1) is 0 Å². The van der Waals surface area contributed by atoms with E-state index in [2.05, 4.69) is 37.1 Å². The first-order valence-electron chi connectivity index (χ1n) is 9.75. The molecule has 1 fully saturated rings. The van der Waals surface area contributed by atoms with Gasteiger partial charge in [-0.1, -0.05) is 36.6 Å². The summed E-state index contributed by atoms with van der Waals surface area (Å²) in [5, 5.41) is 3.94. The number of nitrogens with one attached hydrogen (secondary N) is 2. The van der Waals surface area contributed by atoms with Crippen LogP contribution in [0.15, 0.2) is 30.6 Å². The summed E-state index contributed by atoms with van der Waals surface area (Å²) < 4.78 is 5.56. The number of benzene rings is 1. The Bertz CT molecular complexity index is 1120. The van der Waals surface area contributed by atoms with E-state index in [-0.39, 0.29) is 18.6 Å². The number of aromatic nitrogens is 4. The number of carbonyl (C=O) groups is 1. The molecule has 1 atom stereocenters. The van der Waals surface area contributed by atoms with E-state index in [1.54, 1.807) is 12.1 Å². The zero-order chi connectivity index (χ0) is 20.9. The number of nitrogens with zero attached hydrogens (tertiary/aromatic N) is 4. The molecule has 4 rings (SSSR count). The van der Waals surface area contributed by atoms with E-state index in [1.807, 2.05) is 24.0 Å². The van der Waals surface area contributed by atoms with E-state index in [0.717, 1.165) is 13.0 Å². The van der Waals surface area contributed by atoms with E-state index in [9.17, 15) is 4.79 Å². The van der Waals surface area contributed by atoms with Gasteiger partial charge in [-0.3, -0.25) is 4.79 Å². The van der Waals surface area contributed by atoms with Crippen LogP contribution in [0.1, 0.15) is 25.6 Å². The molecular formula is C21H21ClN6O2. The Morgan fingerprint density at radius 1 is 1.40 bits per heavy atom. The van der Waals surface area contributed by atoms with Gasteiger partial charge in [-0.2, -0.15) is 0 Å². The van der Waals surface area contributed by atoms with Crippen molar-refractivity contribution in [2.75, 3.05) is 25.0 Å². The van der Waals surface area contributed by atoms with Gasteiger partial charge >= 0.3 is 0 Å². The molecule has 0 spiro atoms. The van der Waals surface area contributed by atoms with Crippen LogP contribution in [0.25, 0.3) is 11.2 Å². The first kappa shape index (κ1) is 20.0. The monoisotopic (exact) mass is 424 g/mol. The number of halogens is 1. The van der Waals surface area contributed by atoms with Crippen LogP contribution in [0, 0.1) is 11.8 Å². The molecule has 3 heterocycles. The number of likely N-dealkylation sites (tertiary alicyclic amines) is 1. The van der Waals surface area contributed by atoms with Crippen LogP contribution in [0.5, 0.6) is 5.75 Å². The van der Waals surface area contributed by atoms with Gasteiger partial charge in [0, 0.05) is 25.6 Å². The minimum absolute atomic E-state index is 0.139. The number of H-pyrrole nitrogens is 1. The Morgan fingerprint density at radius 2 is 2.27 bits per heavy atom. The van der Waals surface area contributed by atoms with Crippen LogP contribution in [-0.2, 0) is 4.79 Å². The van der Waals surface area contributed by atoms with E-state index in [1.165, 1.54) is 6.33 Å². The van der Waals surface area contributed by atoms with Crippen molar-refractivity contribution in [1.29, 1.82) is 0 Å². The first-order valence-corrected chi connectivity index (χ1v) is 10.1. The van der Waals surface area contributed by atoms with Crippen LogP contribution in [0.3, 0.4) is 0 Å². The number of hydrogen-bond donors (Lipinski definition) is 2. The maximum absolute atomic E-state index is 11.9. The predicted molar refractivity (Wildman–Crippen MR) is 114 cm³/mol. The van der Waals surface area contributed by atoms with Crippen molar-refractivity contribution >= 4 is 34.5 Å². The third kappa shape index (κ3) is 4.47. The van der Waals surface area contributed by atoms with Crippen molar-refractivity contribution in [3.05, 3.63) is 41.4 Å². The molecule has 1 unspecified atom stereocenters. The van der Waals surface area contributed by atoms with Gasteiger partial charge in [-0.25, -0.2) is 15.0 Å². The topological polar surface area (TPSA) is 96.0 Å². The second kappa shape index (κ2) is 9.01. The number of aromatic amines is 1. The molecule has 3 aromatic rings. The molecule has 1 aliphatic rings. The molecule has 0 radical (unpaired) electrons. The lowest BCUT2D eigenvalue weighted by Crippen LogP contribution is -2.31. The molecule has 2 N–H and O–H groups in total. The smallest absolute Gasteiger partial charge is 0.222 e. The zero-order valence-electron chi connectivity index (χ0n) is 16.5. The van der Waals surface area contributed by atoms with Gasteiger partial charge in [-0.05, 0) is 24.5 Å². The molecule has 1 amide bonds.